The molecule has 4 heteroatoms. The Kier molecular flexibility index (Phi) is 3.63. The number of rotatable bonds is 4. The molecule has 0 aliphatic rings. The van der Waals surface area contributed by atoms with E-state index in [-0.39, 0.29) is 11.2 Å². The summed E-state index contributed by atoms with van der Waals surface area (Å²) >= 11 is 0. The lowest BCUT2D eigenvalue weighted by atomic mass is 10.2. The van der Waals surface area contributed by atoms with E-state index in [1.807, 2.05) is 6.07 Å². The second-order valence-electron chi connectivity index (χ2n) is 4.09. The first kappa shape index (κ1) is 12.2. The van der Waals surface area contributed by atoms with Crippen molar-refractivity contribution in [2.45, 2.75) is 25.8 Å². The van der Waals surface area contributed by atoms with Gasteiger partial charge in [0.15, 0.2) is 0 Å². The van der Waals surface area contributed by atoms with Crippen LogP contribution in [0.5, 0.6) is 0 Å². The maximum absolute atomic E-state index is 11.8. The van der Waals surface area contributed by atoms with Gasteiger partial charge in [-0.3, -0.25) is 14.3 Å². The largest absolute Gasteiger partial charge is 0.328 e. The van der Waals surface area contributed by atoms with Gasteiger partial charge in [0, 0.05) is 13.0 Å². The lowest BCUT2D eigenvalue weighted by Gasteiger charge is -2.08. The lowest BCUT2D eigenvalue weighted by Crippen LogP contribution is -2.30. The first-order valence-electron chi connectivity index (χ1n) is 5.89. The number of benzene rings is 1. The van der Waals surface area contributed by atoms with Crippen LogP contribution in [-0.2, 0) is 6.54 Å². The van der Waals surface area contributed by atoms with Crippen molar-refractivity contribution >= 4 is 10.9 Å². The summed E-state index contributed by atoms with van der Waals surface area (Å²) < 4.78 is 1.59. The molecule has 2 rings (SSSR count). The van der Waals surface area contributed by atoms with Crippen molar-refractivity contribution in [2.24, 2.45) is 0 Å². The number of aromatic amines is 1. The van der Waals surface area contributed by atoms with Gasteiger partial charge in [0.25, 0.3) is 5.56 Å². The number of aryl methyl sites for hydroxylation is 1. The van der Waals surface area contributed by atoms with Crippen LogP contribution in [0.4, 0.5) is 0 Å². The van der Waals surface area contributed by atoms with Crippen molar-refractivity contribution in [2.75, 3.05) is 0 Å². The van der Waals surface area contributed by atoms with Crippen LogP contribution in [0.25, 0.3) is 10.9 Å². The van der Waals surface area contributed by atoms with Gasteiger partial charge in [-0.25, -0.2) is 4.79 Å². The average Bonchev–Trinajstić information content (AvgIpc) is 2.38. The molecule has 0 spiro atoms. The first-order chi connectivity index (χ1) is 8.74. The Morgan fingerprint density at radius 1 is 1.22 bits per heavy atom. The van der Waals surface area contributed by atoms with Gasteiger partial charge >= 0.3 is 5.69 Å². The normalized spacial score (nSPS) is 10.4. The quantitative estimate of drug-likeness (QED) is 0.652. The molecule has 18 heavy (non-hydrogen) atoms. The molecule has 0 radical (unpaired) electrons. The number of hydrogen-bond donors (Lipinski definition) is 1. The number of nitrogens with one attached hydrogen (secondary N) is 1. The average molecular weight is 242 g/mol. The molecule has 0 atom stereocenters. The Bertz CT molecular complexity index is 704. The highest BCUT2D eigenvalue weighted by Crippen LogP contribution is 2.07. The summed E-state index contributed by atoms with van der Waals surface area (Å²) in [5.41, 5.74) is -0.0261. The van der Waals surface area contributed by atoms with Crippen molar-refractivity contribution in [1.29, 1.82) is 0 Å². The number of H-pyrrole nitrogens is 1. The zero-order chi connectivity index (χ0) is 13.0. The topological polar surface area (TPSA) is 54.9 Å². The molecule has 0 saturated heterocycles. The van der Waals surface area contributed by atoms with E-state index in [0.717, 1.165) is 12.8 Å². The number of fused-ring (bicyclic) bond motifs is 1. The number of nitrogens with zero attached hydrogens (tertiary/aromatic N) is 1. The van der Waals surface area contributed by atoms with Gasteiger partial charge in [-0.05, 0) is 25.0 Å². The van der Waals surface area contributed by atoms with E-state index >= 15 is 0 Å². The zero-order valence-corrected chi connectivity index (χ0v) is 9.98. The predicted molar refractivity (Wildman–Crippen MR) is 71.5 cm³/mol. The molecule has 0 amide bonds. The van der Waals surface area contributed by atoms with E-state index in [2.05, 4.69) is 10.9 Å². The highest BCUT2D eigenvalue weighted by Gasteiger charge is 2.05. The van der Waals surface area contributed by atoms with Gasteiger partial charge in [0.2, 0.25) is 0 Å². The fraction of sp³-hybridized carbons (Fsp3) is 0.286. The molecule has 0 aliphatic carbocycles. The molecule has 1 heterocycles. The molecule has 1 aromatic heterocycles. The summed E-state index contributed by atoms with van der Waals surface area (Å²) in [7, 11) is 0. The van der Waals surface area contributed by atoms with Crippen LogP contribution in [-0.4, -0.2) is 9.55 Å². The third-order valence-corrected chi connectivity index (χ3v) is 2.86. The van der Waals surface area contributed by atoms with Crippen LogP contribution < -0.4 is 11.2 Å². The third kappa shape index (κ3) is 2.35. The smallest absolute Gasteiger partial charge is 0.293 e. The molecule has 0 fully saturated rings. The van der Waals surface area contributed by atoms with E-state index in [9.17, 15) is 9.59 Å². The van der Waals surface area contributed by atoms with Crippen molar-refractivity contribution in [3.63, 3.8) is 0 Å². The summed E-state index contributed by atoms with van der Waals surface area (Å²) in [5.74, 6) is 2.57. The summed E-state index contributed by atoms with van der Waals surface area (Å²) in [5, 5.41) is 0.536. The molecule has 1 N–H and O–H groups in total. The standard InChI is InChI=1S/C14H14N2O2/c1-2-3-4-7-10-16-12-9-6-5-8-11(12)13(17)15-14(16)18/h1,5-6,8-9H,3-4,7,10H2,(H,15,17,18). The van der Waals surface area contributed by atoms with Gasteiger partial charge in [-0.1, -0.05) is 12.1 Å². The van der Waals surface area contributed by atoms with E-state index in [1.54, 1.807) is 22.8 Å². The van der Waals surface area contributed by atoms with Crippen LogP contribution in [0.2, 0.25) is 0 Å². The molecule has 1 aromatic carbocycles. The third-order valence-electron chi connectivity index (χ3n) is 2.86. The van der Waals surface area contributed by atoms with Crippen molar-refractivity contribution in [1.82, 2.24) is 9.55 Å². The number of aromatic nitrogens is 2. The van der Waals surface area contributed by atoms with Crippen LogP contribution in [0.1, 0.15) is 19.3 Å². The minimum Gasteiger partial charge on any atom is -0.293 e. The van der Waals surface area contributed by atoms with Crippen LogP contribution in [0, 0.1) is 12.3 Å². The van der Waals surface area contributed by atoms with Crippen molar-refractivity contribution < 1.29 is 0 Å². The van der Waals surface area contributed by atoms with Crippen molar-refractivity contribution in [3.8, 4) is 12.3 Å². The van der Waals surface area contributed by atoms with E-state index in [4.69, 9.17) is 6.42 Å². The fourth-order valence-electron chi connectivity index (χ4n) is 1.96. The number of hydrogen-bond acceptors (Lipinski definition) is 2. The fourth-order valence-corrected chi connectivity index (χ4v) is 1.96. The van der Waals surface area contributed by atoms with Gasteiger partial charge < -0.3 is 0 Å². The van der Waals surface area contributed by atoms with Gasteiger partial charge in [0.05, 0.1) is 10.9 Å². The second kappa shape index (κ2) is 5.37. The Hall–Kier alpha value is -2.28. The minimum atomic E-state index is -0.362. The molecule has 0 unspecified atom stereocenters. The molecular formula is C14H14N2O2. The number of unbranched alkanes of at least 4 members (excludes halogenated alkanes) is 2. The SMILES string of the molecule is C#CCCCCn1c(=O)[nH]c(=O)c2ccccc21. The lowest BCUT2D eigenvalue weighted by molar-refractivity contribution is 0.605. The molecular weight excluding hydrogens is 228 g/mol. The van der Waals surface area contributed by atoms with Gasteiger partial charge in [0.1, 0.15) is 0 Å². The first-order valence-corrected chi connectivity index (χ1v) is 5.89. The van der Waals surface area contributed by atoms with Gasteiger partial charge in [-0.2, -0.15) is 0 Å². The Morgan fingerprint density at radius 2 is 2.00 bits per heavy atom. The van der Waals surface area contributed by atoms with Gasteiger partial charge in [-0.15, -0.1) is 12.3 Å². The number of terminal acetylenes is 1. The highest BCUT2D eigenvalue weighted by molar-refractivity contribution is 5.77. The Labute approximate surface area is 104 Å². The zero-order valence-electron chi connectivity index (χ0n) is 9.98. The summed E-state index contributed by atoms with van der Waals surface area (Å²) in [6.45, 7) is 0.567. The minimum absolute atomic E-state index is 0.338. The van der Waals surface area contributed by atoms with E-state index < -0.39 is 0 Å². The van der Waals surface area contributed by atoms with Crippen LogP contribution in [0.15, 0.2) is 33.9 Å². The van der Waals surface area contributed by atoms with E-state index in [0.29, 0.717) is 23.9 Å². The molecule has 0 aliphatic heterocycles. The maximum atomic E-state index is 11.8. The second-order valence-corrected chi connectivity index (χ2v) is 4.09. The maximum Gasteiger partial charge on any atom is 0.328 e. The summed E-state index contributed by atoms with van der Waals surface area (Å²) in [4.78, 5) is 25.8. The monoisotopic (exact) mass is 242 g/mol. The molecule has 2 aromatic rings. The Balaban J connectivity index is 2.41. The Morgan fingerprint density at radius 3 is 2.78 bits per heavy atom. The van der Waals surface area contributed by atoms with E-state index in [1.165, 1.54) is 0 Å². The molecule has 4 nitrogen and oxygen atoms in total. The molecule has 92 valence electrons. The number of para-hydroxylation sites is 1. The van der Waals surface area contributed by atoms with Crippen LogP contribution >= 0.6 is 0 Å². The molecule has 0 saturated carbocycles. The molecule has 0 bridgehead atoms. The van der Waals surface area contributed by atoms with Crippen molar-refractivity contribution in [3.05, 3.63) is 45.1 Å². The summed E-state index contributed by atoms with van der Waals surface area (Å²) in [6, 6.07) is 7.10. The summed E-state index contributed by atoms with van der Waals surface area (Å²) in [6.07, 6.45) is 7.58. The van der Waals surface area contributed by atoms with Crippen LogP contribution in [0.3, 0.4) is 0 Å². The predicted octanol–water partition coefficient (Wildman–Crippen LogP) is 1.49. The highest BCUT2D eigenvalue weighted by atomic mass is 16.2.